The van der Waals surface area contributed by atoms with Crippen molar-refractivity contribution >= 4 is 5.71 Å². The second kappa shape index (κ2) is 9.59. The predicted molar refractivity (Wildman–Crippen MR) is 108 cm³/mol. The number of likely N-dealkylation sites (tertiary alicyclic amines) is 1. The van der Waals surface area contributed by atoms with Crippen LogP contribution < -0.4 is 0 Å². The second-order valence-electron chi connectivity index (χ2n) is 8.25. The SMILES string of the molecule is CN=C(/C=C(\C)C1CCN(CC2CCCC2)CC1)Cc1ccc(F)c(F)c1. The lowest BCUT2D eigenvalue weighted by atomic mass is 9.88. The molecule has 0 radical (unpaired) electrons. The maximum absolute atomic E-state index is 13.4. The molecule has 0 aromatic heterocycles. The highest BCUT2D eigenvalue weighted by Crippen LogP contribution is 2.29. The smallest absolute Gasteiger partial charge is 0.159 e. The van der Waals surface area contributed by atoms with Crippen molar-refractivity contribution in [3.63, 3.8) is 0 Å². The number of hydrogen-bond donors (Lipinski definition) is 0. The standard InChI is InChI=1S/C23H32F2N2/c1-17(13-21(26-2)14-19-7-8-22(24)23(25)15-19)20-9-11-27(12-10-20)16-18-5-3-4-6-18/h7-8,13,15,18,20H,3-6,9-12,14,16H2,1-2H3/b17-13+,26-21?. The van der Waals surface area contributed by atoms with E-state index in [2.05, 4.69) is 22.9 Å². The van der Waals surface area contributed by atoms with E-state index in [-0.39, 0.29) is 0 Å². The summed E-state index contributed by atoms with van der Waals surface area (Å²) in [7, 11) is 1.77. The molecular weight excluding hydrogens is 342 g/mol. The van der Waals surface area contributed by atoms with E-state index in [0.29, 0.717) is 12.3 Å². The Labute approximate surface area is 162 Å². The third-order valence-corrected chi connectivity index (χ3v) is 6.27. The summed E-state index contributed by atoms with van der Waals surface area (Å²) in [6.45, 7) is 5.85. The minimum Gasteiger partial charge on any atom is -0.303 e. The largest absolute Gasteiger partial charge is 0.303 e. The van der Waals surface area contributed by atoms with Crippen LogP contribution in [-0.4, -0.2) is 37.3 Å². The van der Waals surface area contributed by atoms with E-state index in [1.54, 1.807) is 13.1 Å². The normalized spacial score (nSPS) is 21.2. The van der Waals surface area contributed by atoms with Gasteiger partial charge in [0.05, 0.1) is 0 Å². The molecule has 2 nitrogen and oxygen atoms in total. The van der Waals surface area contributed by atoms with E-state index in [0.717, 1.165) is 17.2 Å². The zero-order chi connectivity index (χ0) is 19.2. The minimum atomic E-state index is -0.801. The Hall–Kier alpha value is -1.55. The van der Waals surface area contributed by atoms with Gasteiger partial charge in [0.15, 0.2) is 11.6 Å². The van der Waals surface area contributed by atoms with E-state index >= 15 is 0 Å². The summed E-state index contributed by atoms with van der Waals surface area (Å²) in [5.41, 5.74) is 3.04. The molecule has 4 heteroatoms. The number of hydrogen-bond acceptors (Lipinski definition) is 2. The highest BCUT2D eigenvalue weighted by molar-refractivity contribution is 5.97. The van der Waals surface area contributed by atoms with Crippen LogP contribution in [0.5, 0.6) is 0 Å². The molecule has 0 atom stereocenters. The number of allylic oxidation sites excluding steroid dienone is 2. The molecule has 148 valence electrons. The molecule has 1 aliphatic heterocycles. The van der Waals surface area contributed by atoms with Crippen LogP contribution in [-0.2, 0) is 6.42 Å². The van der Waals surface area contributed by atoms with E-state index < -0.39 is 11.6 Å². The van der Waals surface area contributed by atoms with Crippen LogP contribution in [0.15, 0.2) is 34.8 Å². The van der Waals surface area contributed by atoms with E-state index in [9.17, 15) is 8.78 Å². The van der Waals surface area contributed by atoms with Gasteiger partial charge in [0.1, 0.15) is 0 Å². The molecule has 2 aliphatic rings. The number of piperidine rings is 1. The second-order valence-corrected chi connectivity index (χ2v) is 8.25. The summed E-state index contributed by atoms with van der Waals surface area (Å²) >= 11 is 0. The van der Waals surface area contributed by atoms with Crippen LogP contribution in [0, 0.1) is 23.5 Å². The monoisotopic (exact) mass is 374 g/mol. The number of halogens is 2. The Morgan fingerprint density at radius 3 is 2.44 bits per heavy atom. The third kappa shape index (κ3) is 5.71. The first-order valence-corrected chi connectivity index (χ1v) is 10.3. The average Bonchev–Trinajstić information content (AvgIpc) is 3.17. The highest BCUT2D eigenvalue weighted by atomic mass is 19.2. The molecule has 1 saturated carbocycles. The quantitative estimate of drug-likeness (QED) is 0.607. The van der Waals surface area contributed by atoms with Gasteiger partial charge in [-0.05, 0) is 81.3 Å². The zero-order valence-corrected chi connectivity index (χ0v) is 16.7. The highest BCUT2D eigenvalue weighted by Gasteiger charge is 2.24. The van der Waals surface area contributed by atoms with Gasteiger partial charge in [0.25, 0.3) is 0 Å². The van der Waals surface area contributed by atoms with Crippen molar-refractivity contribution in [2.75, 3.05) is 26.7 Å². The molecule has 27 heavy (non-hydrogen) atoms. The van der Waals surface area contributed by atoms with Crippen molar-refractivity contribution in [2.24, 2.45) is 16.8 Å². The topological polar surface area (TPSA) is 15.6 Å². The van der Waals surface area contributed by atoms with Gasteiger partial charge >= 0.3 is 0 Å². The van der Waals surface area contributed by atoms with Crippen LogP contribution in [0.4, 0.5) is 8.78 Å². The lowest BCUT2D eigenvalue weighted by Gasteiger charge is -2.34. The molecule has 1 aromatic carbocycles. The molecule has 0 amide bonds. The molecule has 1 heterocycles. The van der Waals surface area contributed by atoms with Gasteiger partial charge in [-0.15, -0.1) is 0 Å². The number of aliphatic imine (C=N–C) groups is 1. The molecule has 0 N–H and O–H groups in total. The van der Waals surface area contributed by atoms with Crippen molar-refractivity contribution in [2.45, 2.75) is 51.9 Å². The summed E-state index contributed by atoms with van der Waals surface area (Å²) in [6.07, 6.45) is 10.8. The summed E-state index contributed by atoms with van der Waals surface area (Å²) in [5.74, 6) is -0.0669. The fourth-order valence-electron chi connectivity index (χ4n) is 4.56. The van der Waals surface area contributed by atoms with Crippen molar-refractivity contribution in [1.29, 1.82) is 0 Å². The van der Waals surface area contributed by atoms with Crippen molar-refractivity contribution in [3.8, 4) is 0 Å². The molecular formula is C23H32F2N2. The summed E-state index contributed by atoms with van der Waals surface area (Å²) in [4.78, 5) is 7.02. The zero-order valence-electron chi connectivity index (χ0n) is 16.7. The van der Waals surface area contributed by atoms with Crippen molar-refractivity contribution in [1.82, 2.24) is 4.90 Å². The van der Waals surface area contributed by atoms with Gasteiger partial charge in [-0.2, -0.15) is 0 Å². The first-order chi connectivity index (χ1) is 13.0. The van der Waals surface area contributed by atoms with Gasteiger partial charge in [-0.3, -0.25) is 4.99 Å². The van der Waals surface area contributed by atoms with Gasteiger partial charge in [-0.25, -0.2) is 8.78 Å². The van der Waals surface area contributed by atoms with E-state index in [4.69, 9.17) is 0 Å². The molecule has 2 fully saturated rings. The summed E-state index contributed by atoms with van der Waals surface area (Å²) in [6, 6.07) is 4.09. The summed E-state index contributed by atoms with van der Waals surface area (Å²) < 4.78 is 26.5. The van der Waals surface area contributed by atoms with E-state index in [1.165, 1.54) is 75.9 Å². The van der Waals surface area contributed by atoms with E-state index in [1.807, 2.05) is 0 Å². The maximum atomic E-state index is 13.4. The Kier molecular flexibility index (Phi) is 7.17. The third-order valence-electron chi connectivity index (χ3n) is 6.27. The first kappa shape index (κ1) is 20.2. The Morgan fingerprint density at radius 1 is 1.11 bits per heavy atom. The molecule has 3 rings (SSSR count). The Morgan fingerprint density at radius 2 is 1.81 bits per heavy atom. The van der Waals surface area contributed by atoms with Gasteiger partial charge < -0.3 is 4.90 Å². The fraction of sp³-hybridized carbons (Fsp3) is 0.609. The Balaban J connectivity index is 1.53. The van der Waals surface area contributed by atoms with Crippen LogP contribution in [0.2, 0.25) is 0 Å². The molecule has 1 saturated heterocycles. The van der Waals surface area contributed by atoms with Gasteiger partial charge in [0.2, 0.25) is 0 Å². The molecule has 0 bridgehead atoms. The Bertz CT molecular complexity index is 682. The molecule has 1 aromatic rings. The first-order valence-electron chi connectivity index (χ1n) is 10.3. The van der Waals surface area contributed by atoms with Crippen LogP contribution >= 0.6 is 0 Å². The molecule has 0 spiro atoms. The lowest BCUT2D eigenvalue weighted by molar-refractivity contribution is 0.173. The van der Waals surface area contributed by atoms with Crippen molar-refractivity contribution < 1.29 is 8.78 Å². The number of benzene rings is 1. The van der Waals surface area contributed by atoms with Crippen LogP contribution in [0.3, 0.4) is 0 Å². The number of rotatable bonds is 6. The maximum Gasteiger partial charge on any atom is 0.159 e. The van der Waals surface area contributed by atoms with Crippen LogP contribution in [0.1, 0.15) is 51.0 Å². The summed E-state index contributed by atoms with van der Waals surface area (Å²) in [5, 5.41) is 0. The van der Waals surface area contributed by atoms with Crippen molar-refractivity contribution in [3.05, 3.63) is 47.0 Å². The number of nitrogens with zero attached hydrogens (tertiary/aromatic N) is 2. The average molecular weight is 375 g/mol. The lowest BCUT2D eigenvalue weighted by Crippen LogP contribution is -2.37. The minimum absolute atomic E-state index is 0.533. The molecule has 0 unspecified atom stereocenters. The predicted octanol–water partition coefficient (Wildman–Crippen LogP) is 5.43. The van der Waals surface area contributed by atoms with Crippen LogP contribution in [0.25, 0.3) is 0 Å². The molecule has 1 aliphatic carbocycles. The fourth-order valence-corrected chi connectivity index (χ4v) is 4.56. The van der Waals surface area contributed by atoms with Gasteiger partial charge in [-0.1, -0.05) is 24.5 Å². The van der Waals surface area contributed by atoms with Gasteiger partial charge in [0, 0.05) is 25.7 Å².